The third-order valence-corrected chi connectivity index (χ3v) is 6.39. The van der Waals surface area contributed by atoms with Crippen LogP contribution in [0.2, 0.25) is 0 Å². The lowest BCUT2D eigenvalue weighted by atomic mass is 10.2. The standard InChI is InChI=1S/C25H17FN4O4S/c1-14-4-2-7-17(8-14)30-24(31)18-10-20-21(33-13-32-20)11-19(18)27-25(30)35-12-22-28-23(29-34-22)15-5-3-6-16(26)9-15/h2-11H,12-13H2,1H3. The summed E-state index contributed by atoms with van der Waals surface area (Å²) in [5.74, 6) is 1.55. The summed E-state index contributed by atoms with van der Waals surface area (Å²) in [5, 5.41) is 4.83. The summed E-state index contributed by atoms with van der Waals surface area (Å²) in [4.78, 5) is 22.7. The van der Waals surface area contributed by atoms with Gasteiger partial charge >= 0.3 is 0 Å². The summed E-state index contributed by atoms with van der Waals surface area (Å²) in [5.41, 5.74) is 2.48. The molecule has 0 amide bonds. The van der Waals surface area contributed by atoms with E-state index in [1.165, 1.54) is 23.9 Å². The molecular weight excluding hydrogens is 471 g/mol. The number of rotatable bonds is 5. The zero-order chi connectivity index (χ0) is 23.9. The number of hydrogen-bond donors (Lipinski definition) is 0. The van der Waals surface area contributed by atoms with Crippen LogP contribution in [0.15, 0.2) is 75.1 Å². The van der Waals surface area contributed by atoms with Gasteiger partial charge in [0.1, 0.15) is 5.82 Å². The van der Waals surface area contributed by atoms with E-state index in [-0.39, 0.29) is 29.7 Å². The van der Waals surface area contributed by atoms with Crippen LogP contribution in [0, 0.1) is 12.7 Å². The minimum absolute atomic E-state index is 0.101. The first-order valence-electron chi connectivity index (χ1n) is 10.7. The molecule has 0 spiro atoms. The number of nitrogens with zero attached hydrogens (tertiary/aromatic N) is 4. The van der Waals surface area contributed by atoms with E-state index < -0.39 is 0 Å². The molecule has 0 radical (unpaired) electrons. The number of thioether (sulfide) groups is 1. The topological polar surface area (TPSA) is 92.3 Å². The van der Waals surface area contributed by atoms with Gasteiger partial charge in [-0.15, -0.1) is 0 Å². The molecule has 8 nitrogen and oxygen atoms in total. The van der Waals surface area contributed by atoms with E-state index in [2.05, 4.69) is 10.1 Å². The molecule has 0 aliphatic carbocycles. The number of ether oxygens (including phenoxy) is 2. The van der Waals surface area contributed by atoms with E-state index in [0.717, 1.165) is 5.56 Å². The molecule has 3 aromatic carbocycles. The van der Waals surface area contributed by atoms with Gasteiger partial charge in [-0.05, 0) is 42.8 Å². The highest BCUT2D eigenvalue weighted by atomic mass is 32.2. The Hall–Kier alpha value is -4.18. The minimum atomic E-state index is -0.383. The lowest BCUT2D eigenvalue weighted by molar-refractivity contribution is 0.174. The number of hydrogen-bond acceptors (Lipinski definition) is 8. The number of aryl methyl sites for hydroxylation is 1. The number of halogens is 1. The molecule has 5 aromatic rings. The first-order chi connectivity index (χ1) is 17.0. The molecule has 0 bridgehead atoms. The average Bonchev–Trinajstić information content (AvgIpc) is 3.51. The lowest BCUT2D eigenvalue weighted by Crippen LogP contribution is -2.22. The zero-order valence-electron chi connectivity index (χ0n) is 18.4. The van der Waals surface area contributed by atoms with E-state index >= 15 is 0 Å². The Morgan fingerprint density at radius 1 is 1.03 bits per heavy atom. The molecule has 3 heterocycles. The van der Waals surface area contributed by atoms with Crippen molar-refractivity contribution in [2.45, 2.75) is 17.8 Å². The Labute approximate surface area is 202 Å². The molecule has 2 aromatic heterocycles. The van der Waals surface area contributed by atoms with Gasteiger partial charge < -0.3 is 14.0 Å². The van der Waals surface area contributed by atoms with Crippen LogP contribution in [0.4, 0.5) is 4.39 Å². The van der Waals surface area contributed by atoms with Gasteiger partial charge in [0, 0.05) is 11.6 Å². The van der Waals surface area contributed by atoms with Crippen LogP contribution >= 0.6 is 11.8 Å². The molecule has 0 N–H and O–H groups in total. The summed E-state index contributed by atoms with van der Waals surface area (Å²) in [7, 11) is 0. The van der Waals surface area contributed by atoms with Crippen molar-refractivity contribution in [3.8, 4) is 28.6 Å². The fourth-order valence-corrected chi connectivity index (χ4v) is 4.68. The Morgan fingerprint density at radius 2 is 1.86 bits per heavy atom. The molecule has 0 fully saturated rings. The molecule has 0 saturated heterocycles. The summed E-state index contributed by atoms with van der Waals surface area (Å²) in [6.07, 6.45) is 0. The largest absolute Gasteiger partial charge is 0.454 e. The number of aromatic nitrogens is 4. The van der Waals surface area contributed by atoms with Crippen LogP contribution in [0.5, 0.6) is 11.5 Å². The third-order valence-electron chi connectivity index (χ3n) is 5.47. The highest BCUT2D eigenvalue weighted by molar-refractivity contribution is 7.98. The predicted octanol–water partition coefficient (Wildman–Crippen LogP) is 4.90. The second kappa shape index (κ2) is 8.55. The van der Waals surface area contributed by atoms with Crippen LogP contribution in [0.1, 0.15) is 11.5 Å². The molecule has 174 valence electrons. The highest BCUT2D eigenvalue weighted by Gasteiger charge is 2.20. The second-order valence-electron chi connectivity index (χ2n) is 7.91. The van der Waals surface area contributed by atoms with E-state index in [1.807, 2.05) is 31.2 Å². The molecule has 0 atom stereocenters. The van der Waals surface area contributed by atoms with Crippen molar-refractivity contribution in [3.63, 3.8) is 0 Å². The maximum atomic E-state index is 13.6. The van der Waals surface area contributed by atoms with Crippen molar-refractivity contribution < 1.29 is 18.4 Å². The van der Waals surface area contributed by atoms with Gasteiger partial charge in [0.05, 0.1) is 22.3 Å². The molecular formula is C25H17FN4O4S. The maximum Gasteiger partial charge on any atom is 0.266 e. The summed E-state index contributed by atoms with van der Waals surface area (Å²) in [6.45, 7) is 2.06. The Bertz CT molecular complexity index is 1650. The minimum Gasteiger partial charge on any atom is -0.454 e. The van der Waals surface area contributed by atoms with E-state index in [1.54, 1.807) is 28.8 Å². The monoisotopic (exact) mass is 488 g/mol. The van der Waals surface area contributed by atoms with E-state index in [0.29, 0.717) is 44.7 Å². The Balaban J connectivity index is 1.40. The molecule has 1 aliphatic heterocycles. The van der Waals surface area contributed by atoms with Crippen LogP contribution in [0.25, 0.3) is 28.0 Å². The first-order valence-corrected chi connectivity index (χ1v) is 11.7. The molecule has 35 heavy (non-hydrogen) atoms. The fourth-order valence-electron chi connectivity index (χ4n) is 3.83. The van der Waals surface area contributed by atoms with Crippen molar-refractivity contribution >= 4 is 22.7 Å². The second-order valence-corrected chi connectivity index (χ2v) is 8.85. The number of fused-ring (bicyclic) bond motifs is 2. The Kier molecular flexibility index (Phi) is 5.22. The normalized spacial score (nSPS) is 12.4. The van der Waals surface area contributed by atoms with Crippen LogP contribution < -0.4 is 15.0 Å². The molecule has 1 aliphatic rings. The van der Waals surface area contributed by atoms with Gasteiger partial charge in [-0.1, -0.05) is 41.2 Å². The lowest BCUT2D eigenvalue weighted by Gasteiger charge is -2.13. The van der Waals surface area contributed by atoms with Crippen LogP contribution in [-0.4, -0.2) is 26.5 Å². The summed E-state index contributed by atoms with van der Waals surface area (Å²) >= 11 is 1.28. The van der Waals surface area contributed by atoms with Gasteiger partial charge in [0.2, 0.25) is 18.5 Å². The maximum absolute atomic E-state index is 13.6. The van der Waals surface area contributed by atoms with E-state index in [4.69, 9.17) is 19.0 Å². The summed E-state index contributed by atoms with van der Waals surface area (Å²) in [6, 6.07) is 17.0. The number of benzene rings is 3. The zero-order valence-corrected chi connectivity index (χ0v) is 19.2. The van der Waals surface area contributed by atoms with Crippen molar-refractivity contribution in [2.75, 3.05) is 6.79 Å². The van der Waals surface area contributed by atoms with Gasteiger partial charge in [-0.2, -0.15) is 4.98 Å². The van der Waals surface area contributed by atoms with Gasteiger partial charge in [0.15, 0.2) is 16.7 Å². The summed E-state index contributed by atoms with van der Waals surface area (Å²) < 4.78 is 31.4. The van der Waals surface area contributed by atoms with E-state index in [9.17, 15) is 9.18 Å². The predicted molar refractivity (Wildman–Crippen MR) is 127 cm³/mol. The third kappa shape index (κ3) is 4.01. The van der Waals surface area contributed by atoms with Gasteiger partial charge in [0.25, 0.3) is 5.56 Å². The first kappa shape index (κ1) is 21.4. The fraction of sp³-hybridized carbons (Fsp3) is 0.120. The van der Waals surface area contributed by atoms with Gasteiger partial charge in [-0.25, -0.2) is 9.37 Å². The van der Waals surface area contributed by atoms with Crippen molar-refractivity contribution in [1.29, 1.82) is 0 Å². The van der Waals surface area contributed by atoms with Crippen molar-refractivity contribution in [3.05, 3.63) is 88.3 Å². The quantitative estimate of drug-likeness (QED) is 0.255. The van der Waals surface area contributed by atoms with Crippen molar-refractivity contribution in [2.24, 2.45) is 0 Å². The smallest absolute Gasteiger partial charge is 0.266 e. The average molecular weight is 489 g/mol. The molecule has 0 unspecified atom stereocenters. The highest BCUT2D eigenvalue weighted by Crippen LogP contribution is 2.35. The molecule has 0 saturated carbocycles. The molecule has 10 heteroatoms. The SMILES string of the molecule is Cc1cccc(-n2c(SCc3nc(-c4cccc(F)c4)no3)nc3cc4c(cc3c2=O)OCO4)c1. The van der Waals surface area contributed by atoms with Crippen LogP contribution in [-0.2, 0) is 5.75 Å². The Morgan fingerprint density at radius 3 is 2.69 bits per heavy atom. The van der Waals surface area contributed by atoms with Gasteiger partial charge in [-0.3, -0.25) is 9.36 Å². The van der Waals surface area contributed by atoms with Crippen LogP contribution in [0.3, 0.4) is 0 Å². The molecule has 6 rings (SSSR count). The van der Waals surface area contributed by atoms with Crippen molar-refractivity contribution in [1.82, 2.24) is 19.7 Å².